The highest BCUT2D eigenvalue weighted by molar-refractivity contribution is 9.10. The molecule has 0 N–H and O–H groups in total. The Kier molecular flexibility index (Phi) is 2.54. The second-order valence-corrected chi connectivity index (χ2v) is 6.15. The Morgan fingerprint density at radius 2 is 2.24 bits per heavy atom. The molecule has 1 heterocycles. The normalized spacial score (nSPS) is 27.2. The Hall–Kier alpha value is -0.830. The van der Waals surface area contributed by atoms with Crippen LogP contribution in [0.25, 0.3) is 0 Å². The first-order valence-electron chi connectivity index (χ1n) is 6.14. The van der Waals surface area contributed by atoms with Crippen molar-refractivity contribution in [1.29, 1.82) is 0 Å². The third-order valence-electron chi connectivity index (χ3n) is 4.06. The maximum atomic E-state index is 4.92. The fourth-order valence-corrected chi connectivity index (χ4v) is 3.71. The van der Waals surface area contributed by atoms with Crippen molar-refractivity contribution in [3.8, 4) is 0 Å². The molecule has 3 heteroatoms. The lowest BCUT2D eigenvalue weighted by atomic mass is 9.78. The molecule has 1 spiro atoms. The van der Waals surface area contributed by atoms with Crippen LogP contribution in [0.15, 0.2) is 27.7 Å². The van der Waals surface area contributed by atoms with E-state index in [1.165, 1.54) is 27.9 Å². The van der Waals surface area contributed by atoms with Gasteiger partial charge in [-0.3, -0.25) is 4.99 Å². The number of fused-ring (bicyclic) bond motifs is 1. The van der Waals surface area contributed by atoms with Gasteiger partial charge in [0.15, 0.2) is 0 Å². The van der Waals surface area contributed by atoms with Crippen molar-refractivity contribution in [2.24, 2.45) is 4.99 Å². The number of amidine groups is 1. The van der Waals surface area contributed by atoms with E-state index in [1.54, 1.807) is 0 Å². The molecule has 0 saturated carbocycles. The van der Waals surface area contributed by atoms with Crippen molar-refractivity contribution < 1.29 is 0 Å². The van der Waals surface area contributed by atoms with Crippen molar-refractivity contribution in [2.75, 3.05) is 13.6 Å². The molecule has 1 unspecified atom stereocenters. The maximum absolute atomic E-state index is 4.92. The molecule has 2 aliphatic rings. The molecule has 1 aromatic rings. The van der Waals surface area contributed by atoms with Crippen LogP contribution in [0.4, 0.5) is 0 Å². The zero-order valence-electron chi connectivity index (χ0n) is 10.3. The van der Waals surface area contributed by atoms with Gasteiger partial charge in [-0.15, -0.1) is 0 Å². The van der Waals surface area contributed by atoms with Crippen LogP contribution in [-0.2, 0) is 12.8 Å². The number of nitrogens with zero attached hydrogens (tertiary/aromatic N) is 2. The van der Waals surface area contributed by atoms with Crippen LogP contribution >= 0.6 is 15.9 Å². The average Bonchev–Trinajstić information content (AvgIpc) is 2.54. The molecule has 0 aromatic heterocycles. The van der Waals surface area contributed by atoms with Crippen molar-refractivity contribution in [3.05, 3.63) is 33.8 Å². The highest BCUT2D eigenvalue weighted by Crippen LogP contribution is 2.37. The summed E-state index contributed by atoms with van der Waals surface area (Å²) in [4.78, 5) is 7.20. The monoisotopic (exact) mass is 292 g/mol. The lowest BCUT2D eigenvalue weighted by Gasteiger charge is -2.33. The van der Waals surface area contributed by atoms with Gasteiger partial charge in [0.1, 0.15) is 0 Å². The summed E-state index contributed by atoms with van der Waals surface area (Å²) in [5, 5.41) is 0. The zero-order chi connectivity index (χ0) is 12.0. The van der Waals surface area contributed by atoms with E-state index in [4.69, 9.17) is 4.99 Å². The number of hydrogen-bond acceptors (Lipinski definition) is 2. The maximum Gasteiger partial charge on any atom is 0.0963 e. The number of aliphatic imine (C=N–C) groups is 1. The van der Waals surface area contributed by atoms with Crippen LogP contribution < -0.4 is 0 Å². The van der Waals surface area contributed by atoms with E-state index in [9.17, 15) is 0 Å². The molecule has 0 radical (unpaired) electrons. The van der Waals surface area contributed by atoms with E-state index in [0.717, 1.165) is 19.4 Å². The van der Waals surface area contributed by atoms with E-state index in [2.05, 4.69) is 53.0 Å². The Labute approximate surface area is 111 Å². The van der Waals surface area contributed by atoms with Crippen molar-refractivity contribution in [1.82, 2.24) is 4.90 Å². The van der Waals surface area contributed by atoms with Crippen molar-refractivity contribution >= 4 is 21.8 Å². The summed E-state index contributed by atoms with van der Waals surface area (Å²) in [6.45, 7) is 3.19. The first-order chi connectivity index (χ1) is 8.10. The molecule has 2 nitrogen and oxygen atoms in total. The molecular formula is C14H17BrN2. The largest absolute Gasteiger partial charge is 0.361 e. The molecule has 3 rings (SSSR count). The van der Waals surface area contributed by atoms with Crippen LogP contribution in [-0.4, -0.2) is 29.9 Å². The van der Waals surface area contributed by atoms with Gasteiger partial charge in [0.05, 0.1) is 11.4 Å². The molecule has 1 aromatic carbocycles. The van der Waals surface area contributed by atoms with Crippen LogP contribution in [0.1, 0.15) is 24.5 Å². The van der Waals surface area contributed by atoms with Gasteiger partial charge >= 0.3 is 0 Å². The first-order valence-corrected chi connectivity index (χ1v) is 6.93. The summed E-state index contributed by atoms with van der Waals surface area (Å²) in [7, 11) is 2.14. The summed E-state index contributed by atoms with van der Waals surface area (Å²) in [6, 6.07) is 6.54. The highest BCUT2D eigenvalue weighted by atomic mass is 79.9. The SMILES string of the molecule is CC1=NC2(CCc3c(Br)cccc3C2)CN1C. The Bertz CT molecular complexity index is 495. The number of halogens is 1. The summed E-state index contributed by atoms with van der Waals surface area (Å²) < 4.78 is 1.26. The van der Waals surface area contributed by atoms with Gasteiger partial charge in [-0.05, 0) is 43.4 Å². The molecule has 90 valence electrons. The van der Waals surface area contributed by atoms with E-state index < -0.39 is 0 Å². The fourth-order valence-electron chi connectivity index (χ4n) is 3.10. The van der Waals surface area contributed by atoms with Gasteiger partial charge in [-0.25, -0.2) is 0 Å². The van der Waals surface area contributed by atoms with Crippen LogP contribution in [0.2, 0.25) is 0 Å². The van der Waals surface area contributed by atoms with Gasteiger partial charge in [0.25, 0.3) is 0 Å². The molecule has 17 heavy (non-hydrogen) atoms. The molecular weight excluding hydrogens is 276 g/mol. The Morgan fingerprint density at radius 1 is 1.41 bits per heavy atom. The third kappa shape index (κ3) is 1.81. The molecule has 0 amide bonds. The van der Waals surface area contributed by atoms with Gasteiger partial charge in [-0.2, -0.15) is 0 Å². The average molecular weight is 293 g/mol. The minimum absolute atomic E-state index is 0.145. The molecule has 0 saturated heterocycles. The van der Waals surface area contributed by atoms with E-state index in [1.807, 2.05) is 0 Å². The van der Waals surface area contributed by atoms with Gasteiger partial charge in [0.2, 0.25) is 0 Å². The molecule has 1 aliphatic carbocycles. The lowest BCUT2D eigenvalue weighted by Crippen LogP contribution is -2.39. The Morgan fingerprint density at radius 3 is 2.94 bits per heavy atom. The van der Waals surface area contributed by atoms with E-state index >= 15 is 0 Å². The summed E-state index contributed by atoms with van der Waals surface area (Å²) in [5.74, 6) is 1.18. The number of likely N-dealkylation sites (N-methyl/N-ethyl adjacent to an activating group) is 1. The third-order valence-corrected chi connectivity index (χ3v) is 4.80. The van der Waals surface area contributed by atoms with Gasteiger partial charge in [-0.1, -0.05) is 28.1 Å². The minimum Gasteiger partial charge on any atom is -0.361 e. The fraction of sp³-hybridized carbons (Fsp3) is 0.500. The van der Waals surface area contributed by atoms with Gasteiger partial charge in [0, 0.05) is 18.1 Å². The smallest absolute Gasteiger partial charge is 0.0963 e. The van der Waals surface area contributed by atoms with Crippen LogP contribution in [0.5, 0.6) is 0 Å². The minimum atomic E-state index is 0.145. The van der Waals surface area contributed by atoms with Crippen molar-refractivity contribution in [3.63, 3.8) is 0 Å². The molecule has 0 fully saturated rings. The summed E-state index contributed by atoms with van der Waals surface area (Å²) in [5.41, 5.74) is 3.10. The topological polar surface area (TPSA) is 15.6 Å². The van der Waals surface area contributed by atoms with E-state index in [-0.39, 0.29) is 5.54 Å². The lowest BCUT2D eigenvalue weighted by molar-refractivity contribution is 0.334. The Balaban J connectivity index is 1.97. The quantitative estimate of drug-likeness (QED) is 0.718. The predicted molar refractivity (Wildman–Crippen MR) is 74.6 cm³/mol. The second kappa shape index (κ2) is 3.84. The van der Waals surface area contributed by atoms with E-state index in [0.29, 0.717) is 0 Å². The molecule has 0 bridgehead atoms. The summed E-state index contributed by atoms with van der Waals surface area (Å²) in [6.07, 6.45) is 3.40. The predicted octanol–water partition coefficient (Wildman–Crippen LogP) is 3.04. The van der Waals surface area contributed by atoms with Crippen molar-refractivity contribution in [2.45, 2.75) is 31.7 Å². The number of hydrogen-bond donors (Lipinski definition) is 0. The van der Waals surface area contributed by atoms with Crippen LogP contribution in [0.3, 0.4) is 0 Å². The number of rotatable bonds is 0. The zero-order valence-corrected chi connectivity index (χ0v) is 11.9. The second-order valence-electron chi connectivity index (χ2n) is 5.29. The highest BCUT2D eigenvalue weighted by Gasteiger charge is 2.39. The molecule has 1 aliphatic heterocycles. The standard InChI is InChI=1S/C14H17BrN2/c1-10-16-14(9-17(10)2)7-6-12-11(8-14)4-3-5-13(12)15/h3-5H,6-9H2,1-2H3. The molecule has 1 atom stereocenters. The first kappa shape index (κ1) is 11.3. The van der Waals surface area contributed by atoms with Gasteiger partial charge < -0.3 is 4.90 Å². The number of benzene rings is 1. The summed E-state index contributed by atoms with van der Waals surface area (Å²) >= 11 is 3.66. The van der Waals surface area contributed by atoms with Crippen LogP contribution in [0, 0.1) is 0 Å².